The average Bonchev–Trinajstić information content (AvgIpc) is 1.49. The molecule has 12 heterocycles. The second-order valence-corrected chi connectivity index (χ2v) is 39.9. The molecule has 0 spiro atoms. The number of nitrogens with one attached hydrogen (secondary N) is 7. The molecule has 0 bridgehead atoms. The number of sulfonamides is 4. The summed E-state index contributed by atoms with van der Waals surface area (Å²) in [5.41, 5.74) is -5.44. The molecule has 0 amide bonds. The van der Waals surface area contributed by atoms with Gasteiger partial charge in [0.25, 0.3) is 40.1 Å². The van der Waals surface area contributed by atoms with Crippen LogP contribution in [0.5, 0.6) is 17.2 Å². The number of nitriles is 1. The van der Waals surface area contributed by atoms with Crippen molar-refractivity contribution in [3.8, 4) is 34.7 Å². The molecule has 760 valence electrons. The van der Waals surface area contributed by atoms with Crippen LogP contribution < -0.4 is 33.1 Å². The minimum atomic E-state index is -4.96. The van der Waals surface area contributed by atoms with Gasteiger partial charge in [0.2, 0.25) is 23.1 Å². The van der Waals surface area contributed by atoms with Crippen molar-refractivity contribution in [1.29, 1.82) is 5.26 Å². The van der Waals surface area contributed by atoms with Crippen LogP contribution in [0.3, 0.4) is 0 Å². The summed E-state index contributed by atoms with van der Waals surface area (Å²) in [7, 11) is -15.7. The summed E-state index contributed by atoms with van der Waals surface area (Å²) in [6, 6.07) is 22.6. The van der Waals surface area contributed by atoms with E-state index in [1.165, 1.54) is 94.0 Å². The summed E-state index contributed by atoms with van der Waals surface area (Å²) in [5, 5.41) is 18.5. The quantitative estimate of drug-likeness (QED) is 0.0135. The highest BCUT2D eigenvalue weighted by Gasteiger charge is 2.41. The molecule has 0 unspecified atom stereocenters. The van der Waals surface area contributed by atoms with Crippen LogP contribution in [-0.4, -0.2) is 148 Å². The molecule has 146 heavy (non-hydrogen) atoms. The average molecular weight is 2180 g/mol. The first-order chi connectivity index (χ1) is 68.4. The van der Waals surface area contributed by atoms with Crippen LogP contribution in [0.1, 0.15) is 136 Å². The molecule has 4 aromatic carbocycles. The molecule has 0 atom stereocenters. The van der Waals surface area contributed by atoms with E-state index in [2.05, 4.69) is 73.7 Å². The van der Waals surface area contributed by atoms with Crippen LogP contribution in [0, 0.1) is 25.2 Å². The third-order valence-corrected chi connectivity index (χ3v) is 27.1. The lowest BCUT2D eigenvalue weighted by Crippen LogP contribution is -2.20. The summed E-state index contributed by atoms with van der Waals surface area (Å²) >= 11 is 22.8. The molecule has 16 rings (SSSR count). The van der Waals surface area contributed by atoms with Gasteiger partial charge < -0.3 is 39.1 Å². The smallest absolute Gasteiger partial charge is 0.417 e. The van der Waals surface area contributed by atoms with E-state index >= 15 is 0 Å². The molecule has 0 saturated heterocycles. The Labute approximate surface area is 838 Å². The Balaban J connectivity index is 0.000000163. The molecule has 0 fully saturated rings. The standard InChI is InChI=1S/C24H20ClF3N4O5S.C24H20ClF3N4O4S.C23H18ClF3N4O5S.C21H11ClF3N5O3S/c1-12(2)37-19-11-32(34)23-15(6-7-29-23)20(19)22(33)21-18(8-13(3)10-30-21)31-38(35,36)14-4-5-17(25)16(9-14)24(26,27)28;1-12(2)36-19-11-31-23-15(6-7-29-23)20(19)22(33)21-18(8-13(3)10-30-21)32-37(34,35)14-4-5-17(25)16(9-14)24(26,27)28;1-35-11-12-7-17(31-37(33,34)13-3-4-16(24)15(8-13)23(25,26)27)20(29-9-12)21(32)19-14-5-6-28-22(14)30-10-18(19)36-2;22-12-7-17(18(29-10-12)19(31)14-3-5-27-20-15(14)4-6-28-20)30-34(32,33)13-2-1-11(9-26)16(8-13)21(23,24)25/h4-12,31,34H,1-3H3;4-12,32H,1-3H3,(H,29,31);3-10,31H,11H2,1-2H3,(H,28,30);1-8,10,30H,(H,27,28). The number of carbonyl (C=O) groups excluding carboxylic acids is 4. The zero-order valence-electron chi connectivity index (χ0n) is 75.5. The van der Waals surface area contributed by atoms with Gasteiger partial charge in [0.1, 0.15) is 51.2 Å². The summed E-state index contributed by atoms with van der Waals surface area (Å²) in [5.74, 6) is -2.53. The van der Waals surface area contributed by atoms with Gasteiger partial charge in [-0.2, -0.15) is 62.7 Å². The van der Waals surface area contributed by atoms with E-state index in [-0.39, 0.29) is 114 Å². The Morgan fingerprint density at radius 3 is 1.25 bits per heavy atom. The van der Waals surface area contributed by atoms with E-state index in [9.17, 15) is 111 Å². The number of nitrogens with zero attached hydrogens (tertiary/aromatic N) is 10. The number of rotatable bonds is 27. The molecule has 0 saturated carbocycles. The van der Waals surface area contributed by atoms with E-state index in [1.807, 2.05) is 0 Å². The number of hydrogen-bond acceptors (Lipinski definition) is 26. The number of fused-ring (bicyclic) bond motifs is 4. The monoisotopic (exact) mass is 2180 g/mol. The lowest BCUT2D eigenvalue weighted by Gasteiger charge is -2.19. The number of ether oxygens (including phenoxy) is 4. The largest absolute Gasteiger partial charge is 0.494 e. The predicted octanol–water partition coefficient (Wildman–Crippen LogP) is 20.5. The number of ketones is 4. The van der Waals surface area contributed by atoms with Crippen molar-refractivity contribution in [1.82, 2.24) is 59.6 Å². The number of methoxy groups -OCH3 is 2. The number of aryl methyl sites for hydroxylation is 2. The molecule has 14 aromatic rings. The SMILES string of the molecule is COCc1cnc(C(=O)c2c(OC)cnc3[nH]ccc23)c(NS(=O)(=O)c2ccc(Cl)c(C(F)(F)F)c2)c1.Cc1cnc(C(=O)c2c(OC(C)C)cn(O)c3nccc2-3)c(NS(=O)(=O)c2ccc(Cl)c(C(F)(F)F)c2)c1.Cc1cnc(C(=O)c2c(OC(C)C)cnc3[nH]ccc23)c(NS(=O)(=O)c2ccc(Cl)c(C(F)(F)F)c2)c1.N#Cc1ccc(S(=O)(=O)Nc2cc(Cl)cnc2C(=O)c2ccnc3[nH]ccc23)cc1C(F)(F)F. The van der Waals surface area contributed by atoms with Crippen molar-refractivity contribution in [3.05, 3.63) is 311 Å². The van der Waals surface area contributed by atoms with E-state index in [4.69, 9.17) is 70.6 Å². The van der Waals surface area contributed by atoms with Gasteiger partial charge in [0.05, 0.1) is 158 Å². The highest BCUT2D eigenvalue weighted by Crippen LogP contribution is 2.44. The van der Waals surface area contributed by atoms with Crippen molar-refractivity contribution in [2.75, 3.05) is 33.1 Å². The van der Waals surface area contributed by atoms with Crippen molar-refractivity contribution in [2.45, 2.75) is 105 Å². The molecule has 2 aliphatic heterocycles. The van der Waals surface area contributed by atoms with E-state index < -0.39 is 157 Å². The van der Waals surface area contributed by atoms with E-state index in [0.29, 0.717) is 78.8 Å². The molecule has 0 aliphatic carbocycles. The maximum absolute atomic E-state index is 13.8. The van der Waals surface area contributed by atoms with Crippen LogP contribution in [0.15, 0.2) is 221 Å². The zero-order valence-corrected chi connectivity index (χ0v) is 81.8. The van der Waals surface area contributed by atoms with Crippen LogP contribution in [0.4, 0.5) is 75.4 Å². The Kier molecular flexibility index (Phi) is 31.6. The van der Waals surface area contributed by atoms with Gasteiger partial charge in [-0.25, -0.2) is 58.6 Å². The van der Waals surface area contributed by atoms with Gasteiger partial charge in [0, 0.05) is 90.2 Å². The summed E-state index contributed by atoms with van der Waals surface area (Å²) in [6.45, 7) is 10.2. The van der Waals surface area contributed by atoms with Gasteiger partial charge in [-0.15, -0.1) is 0 Å². The molecule has 34 nitrogen and oxygen atoms in total. The summed E-state index contributed by atoms with van der Waals surface area (Å²) in [4.78, 5) is 93.0. The Morgan fingerprint density at radius 1 is 0.432 bits per heavy atom. The van der Waals surface area contributed by atoms with Crippen molar-refractivity contribution >= 4 is 165 Å². The molecule has 54 heteroatoms. The fraction of sp³-hybridized carbons (Fsp3) is 0.163. The van der Waals surface area contributed by atoms with Crippen LogP contribution >= 0.6 is 46.4 Å². The third-order valence-electron chi connectivity index (χ3n) is 20.5. The van der Waals surface area contributed by atoms with Crippen molar-refractivity contribution in [3.63, 3.8) is 0 Å². The number of anilines is 4. The number of pyridine rings is 8. The fourth-order valence-electron chi connectivity index (χ4n) is 14.1. The maximum Gasteiger partial charge on any atom is 0.417 e. The number of halogens is 16. The molecular formula is C92H69Cl4F12N17O17S4. The lowest BCUT2D eigenvalue weighted by molar-refractivity contribution is -0.138. The highest BCUT2D eigenvalue weighted by molar-refractivity contribution is 7.93. The van der Waals surface area contributed by atoms with E-state index in [1.54, 1.807) is 78.3 Å². The second kappa shape index (κ2) is 42.7. The zero-order chi connectivity index (χ0) is 107. The predicted molar refractivity (Wildman–Crippen MR) is 507 cm³/mol. The van der Waals surface area contributed by atoms with Gasteiger partial charge in [-0.1, -0.05) is 46.4 Å². The highest BCUT2D eigenvalue weighted by atomic mass is 35.5. The van der Waals surface area contributed by atoms with Gasteiger partial charge in [-0.05, 0) is 186 Å². The van der Waals surface area contributed by atoms with Gasteiger partial charge in [-0.3, -0.25) is 53.0 Å². The Hall–Kier alpha value is -15.1. The number of hydrogen-bond donors (Lipinski definition) is 8. The molecule has 8 N–H and O–H groups in total. The first-order valence-corrected chi connectivity index (χ1v) is 48.9. The van der Waals surface area contributed by atoms with Crippen LogP contribution in [0.25, 0.3) is 44.5 Å². The minimum absolute atomic E-state index is 0.0169. The number of carbonyl (C=O) groups is 4. The van der Waals surface area contributed by atoms with Crippen molar-refractivity contribution < 1.29 is 130 Å². The van der Waals surface area contributed by atoms with E-state index in [0.717, 1.165) is 67.0 Å². The summed E-state index contributed by atoms with van der Waals surface area (Å²) < 4.78 is 295. The molecule has 0 radical (unpaired) electrons. The third kappa shape index (κ3) is 24.1. The molecular weight excluding hydrogens is 2110 g/mol. The first kappa shape index (κ1) is 108. The minimum Gasteiger partial charge on any atom is -0.494 e. The normalized spacial score (nSPS) is 12.1. The number of aromatic nitrogens is 12. The van der Waals surface area contributed by atoms with Gasteiger partial charge in [0.15, 0.2) is 11.6 Å². The molecule has 2 aliphatic rings. The lowest BCUT2D eigenvalue weighted by atomic mass is 10.00. The maximum atomic E-state index is 13.8. The number of H-pyrrole nitrogens is 3. The molecule has 10 aromatic heterocycles. The Bertz CT molecular complexity index is 8360. The number of benzene rings is 4. The van der Waals surface area contributed by atoms with Crippen LogP contribution in [-0.2, 0) is 76.1 Å². The topological polar surface area (TPSA) is 489 Å². The van der Waals surface area contributed by atoms with Crippen molar-refractivity contribution in [2.24, 2.45) is 0 Å². The fourth-order valence-corrected chi connectivity index (χ4v) is 19.3. The first-order valence-electron chi connectivity index (χ1n) is 41.4. The number of alkyl halides is 12. The van der Waals surface area contributed by atoms with Crippen LogP contribution in [0.2, 0.25) is 20.1 Å². The second-order valence-electron chi connectivity index (χ2n) is 31.5. The summed E-state index contributed by atoms with van der Waals surface area (Å²) in [6.07, 6.45) is -3.89. The Morgan fingerprint density at radius 2 is 0.808 bits per heavy atom. The van der Waals surface area contributed by atoms with Gasteiger partial charge >= 0.3 is 24.7 Å². The number of aromatic amines is 3.